The van der Waals surface area contributed by atoms with Crippen LogP contribution in [0.2, 0.25) is 0 Å². The van der Waals surface area contributed by atoms with Crippen molar-refractivity contribution in [2.24, 2.45) is 0 Å². The minimum absolute atomic E-state index is 0.0320. The molecule has 1 aliphatic carbocycles. The first-order chi connectivity index (χ1) is 16.9. The molecule has 1 saturated carbocycles. The average Bonchev–Trinajstić information content (AvgIpc) is 3.41. The predicted octanol–water partition coefficient (Wildman–Crippen LogP) is 6.08. The second-order valence-electron chi connectivity index (χ2n) is 8.39. The number of hydrogen-bond donors (Lipinski definition) is 1. The van der Waals surface area contributed by atoms with Gasteiger partial charge in [0.1, 0.15) is 30.2 Å². The molecule has 1 unspecified atom stereocenters. The molecule has 0 radical (unpaired) electrons. The van der Waals surface area contributed by atoms with E-state index < -0.39 is 35.6 Å². The molecule has 6 nitrogen and oxygen atoms in total. The van der Waals surface area contributed by atoms with Crippen LogP contribution in [-0.4, -0.2) is 42.3 Å². The molecule has 12 heteroatoms. The predicted molar refractivity (Wildman–Crippen MR) is 119 cm³/mol. The van der Waals surface area contributed by atoms with Crippen molar-refractivity contribution in [1.82, 2.24) is 9.97 Å². The Morgan fingerprint density at radius 2 is 1.86 bits per heavy atom. The third-order valence-corrected chi connectivity index (χ3v) is 5.68. The maximum absolute atomic E-state index is 14.7. The van der Waals surface area contributed by atoms with Gasteiger partial charge in [-0.1, -0.05) is 12.1 Å². The first-order valence-electron chi connectivity index (χ1n) is 11.0. The summed E-state index contributed by atoms with van der Waals surface area (Å²) in [6.07, 6.45) is -6.26. The molecule has 194 valence electrons. The van der Waals surface area contributed by atoms with Crippen LogP contribution in [0.1, 0.15) is 36.3 Å². The quantitative estimate of drug-likeness (QED) is 0.275. The van der Waals surface area contributed by atoms with E-state index in [9.17, 15) is 26.3 Å². The fourth-order valence-electron chi connectivity index (χ4n) is 3.73. The number of alkyl halides is 5. The zero-order chi connectivity index (χ0) is 26.3. The Bertz CT molecular complexity index is 1270. The van der Waals surface area contributed by atoms with Crippen LogP contribution < -0.4 is 14.8 Å². The fraction of sp³-hybridized carbons (Fsp3) is 0.417. The molecule has 1 aromatic heterocycles. The van der Waals surface area contributed by atoms with E-state index in [1.54, 1.807) is 19.1 Å². The highest BCUT2D eigenvalue weighted by atomic mass is 19.4. The molecule has 1 heterocycles. The van der Waals surface area contributed by atoms with Crippen molar-refractivity contribution >= 4 is 16.7 Å². The lowest BCUT2D eigenvalue weighted by atomic mass is 10.0. The monoisotopic (exact) mass is 515 g/mol. The van der Waals surface area contributed by atoms with Gasteiger partial charge in [0, 0.05) is 23.4 Å². The van der Waals surface area contributed by atoms with Crippen LogP contribution in [-0.2, 0) is 10.9 Å². The Labute approximate surface area is 202 Å². The van der Waals surface area contributed by atoms with Gasteiger partial charge in [-0.05, 0) is 26.0 Å². The zero-order valence-corrected chi connectivity index (χ0v) is 19.5. The number of ether oxygens (including phenoxy) is 3. The largest absolute Gasteiger partial charge is 0.493 e. The SMILES string of the molecule is COc1cc2nc(C)nc(N[C@H](C)c3cccc(C(F)(F)F)c3F)c2cc1OCCOC1CC1(F)F. The standard InChI is InChI=1S/C24H23F6N3O3/c1-12(14-5-4-6-16(21(14)25)24(28,29)30)31-22-15-9-19(35-7-8-36-20-11-23(20,26)27)18(34-3)10-17(15)32-13(2)33-22/h4-6,9-10,12,20H,7-8,11H2,1-3H3,(H,31,32,33)/t12-,20?/m1/s1. The second-order valence-corrected chi connectivity index (χ2v) is 8.39. The van der Waals surface area contributed by atoms with Gasteiger partial charge in [0.25, 0.3) is 5.92 Å². The number of halogens is 6. The number of fused-ring (bicyclic) bond motifs is 1. The third-order valence-electron chi connectivity index (χ3n) is 5.68. The maximum atomic E-state index is 14.7. The highest BCUT2D eigenvalue weighted by Gasteiger charge is 2.58. The highest BCUT2D eigenvalue weighted by molar-refractivity contribution is 5.92. The Kier molecular flexibility index (Phi) is 6.91. The van der Waals surface area contributed by atoms with Crippen LogP contribution >= 0.6 is 0 Å². The summed E-state index contributed by atoms with van der Waals surface area (Å²) >= 11 is 0. The molecule has 0 spiro atoms. The van der Waals surface area contributed by atoms with E-state index in [0.29, 0.717) is 28.5 Å². The van der Waals surface area contributed by atoms with Gasteiger partial charge in [-0.2, -0.15) is 13.2 Å². The molecule has 4 rings (SSSR count). The highest BCUT2D eigenvalue weighted by Crippen LogP contribution is 2.44. The Morgan fingerprint density at radius 3 is 2.50 bits per heavy atom. The number of aromatic nitrogens is 2. The number of aryl methyl sites for hydroxylation is 1. The van der Waals surface area contributed by atoms with Gasteiger partial charge in [0.05, 0.1) is 30.8 Å². The summed E-state index contributed by atoms with van der Waals surface area (Å²) in [6, 6.07) is 5.33. The summed E-state index contributed by atoms with van der Waals surface area (Å²) in [7, 11) is 1.42. The van der Waals surface area contributed by atoms with Crippen LogP contribution in [0, 0.1) is 12.7 Å². The van der Waals surface area contributed by atoms with Crippen LogP contribution in [0.5, 0.6) is 11.5 Å². The summed E-state index contributed by atoms with van der Waals surface area (Å²) in [5.41, 5.74) is -1.10. The fourth-order valence-corrected chi connectivity index (χ4v) is 3.73. The van der Waals surface area contributed by atoms with E-state index >= 15 is 0 Å². The van der Waals surface area contributed by atoms with Crippen LogP contribution in [0.25, 0.3) is 10.9 Å². The lowest BCUT2D eigenvalue weighted by Gasteiger charge is -2.20. The molecule has 1 fully saturated rings. The molecule has 1 N–H and O–H groups in total. The van der Waals surface area contributed by atoms with Gasteiger partial charge < -0.3 is 19.5 Å². The molecule has 2 atom stereocenters. The number of benzene rings is 2. The minimum atomic E-state index is -4.83. The summed E-state index contributed by atoms with van der Waals surface area (Å²) in [6.45, 7) is 3.04. The molecule has 2 aromatic carbocycles. The lowest BCUT2D eigenvalue weighted by molar-refractivity contribution is -0.140. The topological polar surface area (TPSA) is 65.5 Å². The van der Waals surface area contributed by atoms with E-state index in [2.05, 4.69) is 15.3 Å². The number of nitrogens with zero attached hydrogens (tertiary/aromatic N) is 2. The van der Waals surface area contributed by atoms with Crippen molar-refractivity contribution in [1.29, 1.82) is 0 Å². The van der Waals surface area contributed by atoms with Gasteiger partial charge in [-0.15, -0.1) is 0 Å². The van der Waals surface area contributed by atoms with Crippen molar-refractivity contribution in [2.75, 3.05) is 25.6 Å². The molecule has 1 aliphatic rings. The van der Waals surface area contributed by atoms with Crippen LogP contribution in [0.4, 0.5) is 32.2 Å². The summed E-state index contributed by atoms with van der Waals surface area (Å²) in [4.78, 5) is 8.69. The third kappa shape index (κ3) is 5.43. The van der Waals surface area contributed by atoms with Crippen molar-refractivity contribution in [3.63, 3.8) is 0 Å². The summed E-state index contributed by atoms with van der Waals surface area (Å²) in [5.74, 6) is -3.00. The number of hydrogen-bond acceptors (Lipinski definition) is 6. The first kappa shape index (κ1) is 25.8. The average molecular weight is 515 g/mol. The van der Waals surface area contributed by atoms with Crippen LogP contribution in [0.15, 0.2) is 30.3 Å². The van der Waals surface area contributed by atoms with Crippen LogP contribution in [0.3, 0.4) is 0 Å². The summed E-state index contributed by atoms with van der Waals surface area (Å²) < 4.78 is 96.1. The molecular formula is C24H23F6N3O3. The normalized spacial score (nSPS) is 17.6. The Morgan fingerprint density at radius 1 is 1.14 bits per heavy atom. The maximum Gasteiger partial charge on any atom is 0.419 e. The van der Waals surface area contributed by atoms with Gasteiger partial charge in [0.2, 0.25) is 0 Å². The second kappa shape index (κ2) is 9.64. The molecule has 3 aromatic rings. The molecule has 0 saturated heterocycles. The minimum Gasteiger partial charge on any atom is -0.493 e. The van der Waals surface area contributed by atoms with E-state index in [-0.39, 0.29) is 36.8 Å². The smallest absolute Gasteiger partial charge is 0.419 e. The number of anilines is 1. The lowest BCUT2D eigenvalue weighted by Crippen LogP contribution is -2.15. The van der Waals surface area contributed by atoms with Gasteiger partial charge in [-0.25, -0.2) is 23.1 Å². The van der Waals surface area contributed by atoms with Crippen molar-refractivity contribution in [3.8, 4) is 11.5 Å². The number of methoxy groups -OCH3 is 1. The number of rotatable bonds is 9. The first-order valence-corrected chi connectivity index (χ1v) is 11.0. The molecule has 36 heavy (non-hydrogen) atoms. The van der Waals surface area contributed by atoms with Gasteiger partial charge >= 0.3 is 6.18 Å². The zero-order valence-electron chi connectivity index (χ0n) is 19.5. The Hall–Kier alpha value is -3.28. The molecule has 0 amide bonds. The van der Waals surface area contributed by atoms with E-state index in [1.165, 1.54) is 20.1 Å². The van der Waals surface area contributed by atoms with E-state index in [4.69, 9.17) is 14.2 Å². The van der Waals surface area contributed by atoms with Crippen molar-refractivity contribution in [3.05, 3.63) is 53.1 Å². The van der Waals surface area contributed by atoms with Crippen molar-refractivity contribution < 1.29 is 40.6 Å². The Balaban J connectivity index is 1.60. The molecular weight excluding hydrogens is 492 g/mol. The van der Waals surface area contributed by atoms with Gasteiger partial charge in [0.15, 0.2) is 11.5 Å². The van der Waals surface area contributed by atoms with Gasteiger partial charge in [-0.3, -0.25) is 0 Å². The van der Waals surface area contributed by atoms with Crippen molar-refractivity contribution in [2.45, 2.75) is 44.5 Å². The van der Waals surface area contributed by atoms with E-state index in [1.807, 2.05) is 0 Å². The van der Waals surface area contributed by atoms with E-state index in [0.717, 1.165) is 6.07 Å². The molecule has 0 aliphatic heterocycles. The number of nitrogens with one attached hydrogen (secondary N) is 1. The summed E-state index contributed by atoms with van der Waals surface area (Å²) in [5, 5.41) is 3.40. The molecule has 0 bridgehead atoms.